The van der Waals surface area contributed by atoms with Gasteiger partial charge in [0.1, 0.15) is 5.75 Å². The van der Waals surface area contributed by atoms with Gasteiger partial charge in [-0.25, -0.2) is 0 Å². The summed E-state index contributed by atoms with van der Waals surface area (Å²) in [6.07, 6.45) is 5.90. The Morgan fingerprint density at radius 2 is 2.00 bits per heavy atom. The average Bonchev–Trinajstić information content (AvgIpc) is 2.34. The third-order valence-electron chi connectivity index (χ3n) is 2.59. The molecule has 0 radical (unpaired) electrons. The summed E-state index contributed by atoms with van der Waals surface area (Å²) in [5, 5.41) is 10.6. The van der Waals surface area contributed by atoms with Crippen molar-refractivity contribution in [2.45, 2.75) is 39.0 Å². The SMILES string of the molecule is CCCCCCCOc1cccc(C(=O)[O-])c1. The van der Waals surface area contributed by atoms with Crippen LogP contribution >= 0.6 is 0 Å². The van der Waals surface area contributed by atoms with Crippen LogP contribution in [0.25, 0.3) is 0 Å². The monoisotopic (exact) mass is 235 g/mol. The molecule has 0 aromatic heterocycles. The Hall–Kier alpha value is -1.51. The van der Waals surface area contributed by atoms with E-state index in [2.05, 4.69) is 6.92 Å². The molecule has 0 aliphatic heterocycles. The molecule has 0 bridgehead atoms. The van der Waals surface area contributed by atoms with E-state index in [9.17, 15) is 9.90 Å². The summed E-state index contributed by atoms with van der Waals surface area (Å²) in [6, 6.07) is 6.43. The zero-order valence-electron chi connectivity index (χ0n) is 10.3. The molecule has 0 amide bonds. The highest BCUT2D eigenvalue weighted by atomic mass is 16.5. The first kappa shape index (κ1) is 13.6. The van der Waals surface area contributed by atoms with E-state index in [1.54, 1.807) is 12.1 Å². The minimum atomic E-state index is -1.17. The molecule has 0 saturated carbocycles. The molecule has 0 N–H and O–H groups in total. The number of hydrogen-bond donors (Lipinski definition) is 0. The van der Waals surface area contributed by atoms with Crippen molar-refractivity contribution < 1.29 is 14.6 Å². The predicted octanol–water partition coefficient (Wildman–Crippen LogP) is 2.40. The van der Waals surface area contributed by atoms with Crippen molar-refractivity contribution in [1.29, 1.82) is 0 Å². The number of hydrogen-bond acceptors (Lipinski definition) is 3. The molecule has 0 aliphatic carbocycles. The largest absolute Gasteiger partial charge is 0.545 e. The molecule has 3 nitrogen and oxygen atoms in total. The minimum absolute atomic E-state index is 0.161. The van der Waals surface area contributed by atoms with E-state index in [0.29, 0.717) is 12.4 Å². The van der Waals surface area contributed by atoms with Crippen molar-refractivity contribution >= 4 is 5.97 Å². The van der Waals surface area contributed by atoms with Crippen LogP contribution in [-0.4, -0.2) is 12.6 Å². The van der Waals surface area contributed by atoms with Gasteiger partial charge in [0.15, 0.2) is 0 Å². The third-order valence-corrected chi connectivity index (χ3v) is 2.59. The second-order valence-electron chi connectivity index (χ2n) is 4.08. The highest BCUT2D eigenvalue weighted by Gasteiger charge is 1.97. The lowest BCUT2D eigenvalue weighted by atomic mass is 10.2. The van der Waals surface area contributed by atoms with Crippen LogP contribution < -0.4 is 9.84 Å². The van der Waals surface area contributed by atoms with Crippen molar-refractivity contribution in [3.8, 4) is 5.75 Å². The summed E-state index contributed by atoms with van der Waals surface area (Å²) in [5.74, 6) is -0.569. The number of benzene rings is 1. The van der Waals surface area contributed by atoms with Gasteiger partial charge in [0.25, 0.3) is 0 Å². The number of carboxylic acid groups (broad SMARTS) is 1. The number of aromatic carboxylic acids is 1. The summed E-state index contributed by atoms with van der Waals surface area (Å²) in [7, 11) is 0. The predicted molar refractivity (Wildman–Crippen MR) is 65.0 cm³/mol. The standard InChI is InChI=1S/C14H20O3/c1-2-3-4-5-6-10-17-13-9-7-8-12(11-13)14(15)16/h7-9,11H,2-6,10H2,1H3,(H,15,16)/p-1. The molecule has 1 aromatic rings. The fraction of sp³-hybridized carbons (Fsp3) is 0.500. The van der Waals surface area contributed by atoms with Gasteiger partial charge < -0.3 is 14.6 Å². The summed E-state index contributed by atoms with van der Waals surface area (Å²) >= 11 is 0. The van der Waals surface area contributed by atoms with Gasteiger partial charge in [0.2, 0.25) is 0 Å². The molecule has 0 aliphatic rings. The first-order valence-corrected chi connectivity index (χ1v) is 6.18. The number of carbonyl (C=O) groups excluding carboxylic acids is 1. The van der Waals surface area contributed by atoms with Crippen LogP contribution in [0.15, 0.2) is 24.3 Å². The summed E-state index contributed by atoms with van der Waals surface area (Å²) in [6.45, 7) is 2.82. The molecule has 17 heavy (non-hydrogen) atoms. The molecule has 0 fully saturated rings. The van der Waals surface area contributed by atoms with Crippen LogP contribution in [0.5, 0.6) is 5.75 Å². The molecular weight excluding hydrogens is 216 g/mol. The third kappa shape index (κ3) is 5.38. The van der Waals surface area contributed by atoms with Crippen LogP contribution in [0.3, 0.4) is 0 Å². The van der Waals surface area contributed by atoms with Crippen LogP contribution in [0.2, 0.25) is 0 Å². The van der Waals surface area contributed by atoms with E-state index in [0.717, 1.165) is 12.8 Å². The summed E-state index contributed by atoms with van der Waals surface area (Å²) < 4.78 is 5.49. The number of carboxylic acids is 1. The van der Waals surface area contributed by atoms with Gasteiger partial charge in [-0.3, -0.25) is 0 Å². The lowest BCUT2D eigenvalue weighted by molar-refractivity contribution is -0.255. The second-order valence-corrected chi connectivity index (χ2v) is 4.08. The Labute approximate surface area is 102 Å². The van der Waals surface area contributed by atoms with Gasteiger partial charge in [0.05, 0.1) is 12.6 Å². The van der Waals surface area contributed by atoms with Crippen LogP contribution in [-0.2, 0) is 0 Å². The molecule has 1 aromatic carbocycles. The van der Waals surface area contributed by atoms with Gasteiger partial charge in [0, 0.05) is 5.56 Å². The van der Waals surface area contributed by atoms with E-state index < -0.39 is 5.97 Å². The molecule has 0 unspecified atom stereocenters. The maximum Gasteiger partial charge on any atom is 0.119 e. The van der Waals surface area contributed by atoms with E-state index in [1.807, 2.05) is 0 Å². The van der Waals surface area contributed by atoms with Crippen LogP contribution in [0, 0.1) is 0 Å². The van der Waals surface area contributed by atoms with Gasteiger partial charge in [-0.15, -0.1) is 0 Å². The summed E-state index contributed by atoms with van der Waals surface area (Å²) in [4.78, 5) is 10.6. The van der Waals surface area contributed by atoms with E-state index in [-0.39, 0.29) is 5.56 Å². The molecule has 94 valence electrons. The smallest absolute Gasteiger partial charge is 0.119 e. The molecule has 1 rings (SSSR count). The highest BCUT2D eigenvalue weighted by molar-refractivity contribution is 5.86. The Balaban J connectivity index is 2.27. The van der Waals surface area contributed by atoms with Crippen molar-refractivity contribution in [1.82, 2.24) is 0 Å². The molecule has 0 atom stereocenters. The van der Waals surface area contributed by atoms with Gasteiger partial charge >= 0.3 is 0 Å². The number of unbranched alkanes of at least 4 members (excludes halogenated alkanes) is 4. The van der Waals surface area contributed by atoms with Gasteiger partial charge in [-0.2, -0.15) is 0 Å². The first-order chi connectivity index (χ1) is 8.24. The van der Waals surface area contributed by atoms with Crippen molar-refractivity contribution in [3.63, 3.8) is 0 Å². The maximum absolute atomic E-state index is 10.6. The van der Waals surface area contributed by atoms with E-state index in [4.69, 9.17) is 4.74 Å². The Bertz CT molecular complexity index is 347. The quantitative estimate of drug-likeness (QED) is 0.650. The molecule has 0 heterocycles. The fourth-order valence-electron chi connectivity index (χ4n) is 1.61. The molecule has 3 heteroatoms. The average molecular weight is 235 g/mol. The van der Waals surface area contributed by atoms with Crippen molar-refractivity contribution in [3.05, 3.63) is 29.8 Å². The second kappa shape index (κ2) is 7.71. The van der Waals surface area contributed by atoms with E-state index >= 15 is 0 Å². The lowest BCUT2D eigenvalue weighted by Crippen LogP contribution is -2.22. The summed E-state index contributed by atoms with van der Waals surface area (Å²) in [5.41, 5.74) is 0.161. The number of carbonyl (C=O) groups is 1. The van der Waals surface area contributed by atoms with Crippen LogP contribution in [0.1, 0.15) is 49.4 Å². The molecule has 0 spiro atoms. The maximum atomic E-state index is 10.6. The van der Waals surface area contributed by atoms with Gasteiger partial charge in [-0.05, 0) is 18.6 Å². The zero-order valence-corrected chi connectivity index (χ0v) is 10.3. The Kier molecular flexibility index (Phi) is 6.15. The molecule has 0 saturated heterocycles. The molecular formula is C14H19O3-. The number of ether oxygens (including phenoxy) is 1. The topological polar surface area (TPSA) is 49.4 Å². The Morgan fingerprint density at radius 3 is 2.71 bits per heavy atom. The number of rotatable bonds is 8. The first-order valence-electron chi connectivity index (χ1n) is 6.18. The van der Waals surface area contributed by atoms with Crippen LogP contribution in [0.4, 0.5) is 0 Å². The van der Waals surface area contributed by atoms with Gasteiger partial charge in [-0.1, -0.05) is 44.7 Å². The highest BCUT2D eigenvalue weighted by Crippen LogP contribution is 2.13. The van der Waals surface area contributed by atoms with Crippen molar-refractivity contribution in [2.24, 2.45) is 0 Å². The van der Waals surface area contributed by atoms with E-state index in [1.165, 1.54) is 31.4 Å². The minimum Gasteiger partial charge on any atom is -0.545 e. The fourth-order valence-corrected chi connectivity index (χ4v) is 1.61. The normalized spacial score (nSPS) is 10.2. The Morgan fingerprint density at radius 1 is 1.24 bits per heavy atom. The lowest BCUT2D eigenvalue weighted by Gasteiger charge is -2.08. The van der Waals surface area contributed by atoms with Crippen molar-refractivity contribution in [2.75, 3.05) is 6.61 Å². The zero-order chi connectivity index (χ0) is 12.5.